The summed E-state index contributed by atoms with van der Waals surface area (Å²) in [6, 6.07) is 10.9. The van der Waals surface area contributed by atoms with Crippen molar-refractivity contribution in [2.45, 2.75) is 42.2 Å². The zero-order valence-corrected chi connectivity index (χ0v) is 10.3. The number of nitriles is 1. The molecular weight excluding hydrogens is 214 g/mol. The molecule has 0 aromatic heterocycles. The molecule has 3 rings (SSSR count). The molecule has 0 bridgehead atoms. The van der Waals surface area contributed by atoms with E-state index < -0.39 is 0 Å². The van der Waals surface area contributed by atoms with Crippen LogP contribution in [-0.2, 0) is 0 Å². The lowest BCUT2D eigenvalue weighted by molar-refractivity contribution is 0.251. The Morgan fingerprint density at radius 2 is 1.94 bits per heavy atom. The highest BCUT2D eigenvalue weighted by Crippen LogP contribution is 2.69. The summed E-state index contributed by atoms with van der Waals surface area (Å²) in [5, 5.41) is 9.38. The molecule has 16 heavy (non-hydrogen) atoms. The standard InChI is InChI=1S/C14H15NS/c1-11-4-2-3-5-12(11)16-14(10-15)8-13(9-14)6-7-13/h2-5H,6-9H2,1H3. The minimum Gasteiger partial charge on any atom is -0.197 e. The highest BCUT2D eigenvalue weighted by atomic mass is 32.2. The van der Waals surface area contributed by atoms with Crippen LogP contribution in [0.5, 0.6) is 0 Å². The number of rotatable bonds is 2. The molecule has 2 aliphatic rings. The predicted octanol–water partition coefficient (Wildman–Crippen LogP) is 3.92. The molecule has 0 saturated heterocycles. The third-order valence-corrected chi connectivity index (χ3v) is 5.33. The molecule has 2 saturated carbocycles. The maximum Gasteiger partial charge on any atom is 0.108 e. The lowest BCUT2D eigenvalue weighted by Crippen LogP contribution is -2.40. The number of hydrogen-bond acceptors (Lipinski definition) is 2. The van der Waals surface area contributed by atoms with Gasteiger partial charge in [0, 0.05) is 4.90 Å². The average molecular weight is 229 g/mol. The summed E-state index contributed by atoms with van der Waals surface area (Å²) in [7, 11) is 0. The van der Waals surface area contributed by atoms with E-state index >= 15 is 0 Å². The summed E-state index contributed by atoms with van der Waals surface area (Å²) < 4.78 is -0.122. The van der Waals surface area contributed by atoms with Gasteiger partial charge in [-0.1, -0.05) is 18.2 Å². The topological polar surface area (TPSA) is 23.8 Å². The lowest BCUT2D eigenvalue weighted by atomic mass is 9.72. The minimum atomic E-state index is -0.122. The first kappa shape index (κ1) is 10.2. The van der Waals surface area contributed by atoms with Crippen molar-refractivity contribution in [2.75, 3.05) is 0 Å². The second kappa shape index (κ2) is 3.28. The second-order valence-electron chi connectivity index (χ2n) is 5.33. The molecule has 1 aromatic carbocycles. The van der Waals surface area contributed by atoms with Gasteiger partial charge in [-0.2, -0.15) is 5.26 Å². The van der Waals surface area contributed by atoms with Crippen LogP contribution in [0, 0.1) is 23.7 Å². The third kappa shape index (κ3) is 1.55. The fraction of sp³-hybridized carbons (Fsp3) is 0.500. The maximum atomic E-state index is 9.38. The zero-order chi connectivity index (χ0) is 11.2. The van der Waals surface area contributed by atoms with Crippen molar-refractivity contribution in [3.8, 4) is 6.07 Å². The van der Waals surface area contributed by atoms with Gasteiger partial charge in [-0.3, -0.25) is 0 Å². The van der Waals surface area contributed by atoms with Gasteiger partial charge in [0.2, 0.25) is 0 Å². The van der Waals surface area contributed by atoms with E-state index in [-0.39, 0.29) is 4.75 Å². The monoisotopic (exact) mass is 229 g/mol. The van der Waals surface area contributed by atoms with Gasteiger partial charge in [-0.25, -0.2) is 0 Å². The number of aryl methyl sites for hydroxylation is 1. The van der Waals surface area contributed by atoms with Gasteiger partial charge in [0.1, 0.15) is 4.75 Å². The molecule has 2 heteroatoms. The Kier molecular flexibility index (Phi) is 2.09. The first-order valence-electron chi connectivity index (χ1n) is 5.83. The van der Waals surface area contributed by atoms with E-state index in [1.54, 1.807) is 11.8 Å². The summed E-state index contributed by atoms with van der Waals surface area (Å²) >= 11 is 1.79. The Hall–Kier alpha value is -0.940. The normalized spacial score (nSPS) is 23.5. The van der Waals surface area contributed by atoms with Crippen molar-refractivity contribution in [2.24, 2.45) is 5.41 Å². The molecule has 0 amide bonds. The molecule has 1 spiro atoms. The van der Waals surface area contributed by atoms with E-state index in [0.29, 0.717) is 5.41 Å². The van der Waals surface area contributed by atoms with Gasteiger partial charge in [-0.15, -0.1) is 11.8 Å². The van der Waals surface area contributed by atoms with Crippen molar-refractivity contribution in [1.82, 2.24) is 0 Å². The molecule has 2 aliphatic carbocycles. The average Bonchev–Trinajstić information content (AvgIpc) is 3.00. The highest BCUT2D eigenvalue weighted by molar-refractivity contribution is 8.01. The van der Waals surface area contributed by atoms with E-state index in [1.807, 2.05) is 0 Å². The van der Waals surface area contributed by atoms with Gasteiger partial charge in [0.15, 0.2) is 0 Å². The smallest absolute Gasteiger partial charge is 0.108 e. The fourth-order valence-electron chi connectivity index (χ4n) is 2.75. The third-order valence-electron chi connectivity index (χ3n) is 3.88. The molecule has 2 fully saturated rings. The van der Waals surface area contributed by atoms with Gasteiger partial charge >= 0.3 is 0 Å². The SMILES string of the molecule is Cc1ccccc1SC1(C#N)CC2(CC2)C1. The summed E-state index contributed by atoms with van der Waals surface area (Å²) in [6.07, 6.45) is 4.92. The minimum absolute atomic E-state index is 0.122. The molecule has 0 heterocycles. The van der Waals surface area contributed by atoms with Crippen LogP contribution in [0.3, 0.4) is 0 Å². The Balaban J connectivity index is 1.79. The summed E-state index contributed by atoms with van der Waals surface area (Å²) in [6.45, 7) is 2.12. The first-order valence-corrected chi connectivity index (χ1v) is 6.65. The van der Waals surface area contributed by atoms with Crippen LogP contribution in [0.25, 0.3) is 0 Å². The van der Waals surface area contributed by atoms with Crippen molar-refractivity contribution < 1.29 is 0 Å². The Morgan fingerprint density at radius 3 is 2.50 bits per heavy atom. The highest BCUT2D eigenvalue weighted by Gasteiger charge is 2.61. The molecule has 1 nitrogen and oxygen atoms in total. The van der Waals surface area contributed by atoms with Crippen LogP contribution >= 0.6 is 11.8 Å². The van der Waals surface area contributed by atoms with Gasteiger partial charge in [0.05, 0.1) is 6.07 Å². The summed E-state index contributed by atoms with van der Waals surface area (Å²) in [5.41, 5.74) is 1.88. The fourth-order valence-corrected chi connectivity index (χ4v) is 4.34. The van der Waals surface area contributed by atoms with E-state index in [2.05, 4.69) is 37.3 Å². The van der Waals surface area contributed by atoms with E-state index in [4.69, 9.17) is 0 Å². The number of hydrogen-bond donors (Lipinski definition) is 0. The first-order chi connectivity index (χ1) is 7.67. The van der Waals surface area contributed by atoms with Crippen LogP contribution in [-0.4, -0.2) is 4.75 Å². The summed E-state index contributed by atoms with van der Waals surface area (Å²) in [5.74, 6) is 0. The second-order valence-corrected chi connectivity index (χ2v) is 6.75. The van der Waals surface area contributed by atoms with Crippen LogP contribution < -0.4 is 0 Å². The predicted molar refractivity (Wildman–Crippen MR) is 66.3 cm³/mol. The van der Waals surface area contributed by atoms with Gasteiger partial charge in [-0.05, 0) is 49.7 Å². The van der Waals surface area contributed by atoms with E-state index in [9.17, 15) is 5.26 Å². The van der Waals surface area contributed by atoms with Crippen LogP contribution in [0.15, 0.2) is 29.2 Å². The molecule has 0 N–H and O–H groups in total. The number of thioether (sulfide) groups is 1. The number of nitrogens with zero attached hydrogens (tertiary/aromatic N) is 1. The van der Waals surface area contributed by atoms with Crippen molar-refractivity contribution in [3.63, 3.8) is 0 Å². The Morgan fingerprint density at radius 1 is 1.25 bits per heavy atom. The number of benzene rings is 1. The molecule has 0 unspecified atom stereocenters. The van der Waals surface area contributed by atoms with E-state index in [1.165, 1.54) is 23.3 Å². The summed E-state index contributed by atoms with van der Waals surface area (Å²) in [4.78, 5) is 1.28. The Labute approximate surface area is 101 Å². The largest absolute Gasteiger partial charge is 0.197 e. The van der Waals surface area contributed by atoms with Crippen molar-refractivity contribution >= 4 is 11.8 Å². The Bertz CT molecular complexity index is 460. The molecular formula is C14H15NS. The molecule has 0 aliphatic heterocycles. The molecule has 0 atom stereocenters. The quantitative estimate of drug-likeness (QED) is 0.767. The molecule has 0 radical (unpaired) electrons. The van der Waals surface area contributed by atoms with Gasteiger partial charge < -0.3 is 0 Å². The van der Waals surface area contributed by atoms with Crippen LogP contribution in [0.2, 0.25) is 0 Å². The zero-order valence-electron chi connectivity index (χ0n) is 9.49. The van der Waals surface area contributed by atoms with Crippen molar-refractivity contribution in [3.05, 3.63) is 29.8 Å². The van der Waals surface area contributed by atoms with Gasteiger partial charge in [0.25, 0.3) is 0 Å². The van der Waals surface area contributed by atoms with Crippen LogP contribution in [0.4, 0.5) is 0 Å². The van der Waals surface area contributed by atoms with Crippen molar-refractivity contribution in [1.29, 1.82) is 5.26 Å². The molecule has 1 aromatic rings. The maximum absolute atomic E-state index is 9.38. The van der Waals surface area contributed by atoms with Crippen LogP contribution in [0.1, 0.15) is 31.2 Å². The lowest BCUT2D eigenvalue weighted by Gasteiger charge is -2.43. The molecule has 82 valence electrons. The van der Waals surface area contributed by atoms with E-state index in [0.717, 1.165) is 12.8 Å².